The SMILES string of the molecule is [2H]c1ccc(-c2ccc(-c3c4ccccc4c(-c4cccc5oc6ccccc6c45)c4ccccc34)cc2)cc1. The van der Waals surface area contributed by atoms with E-state index in [2.05, 4.69) is 103 Å². The van der Waals surface area contributed by atoms with Gasteiger partial charge in [0.15, 0.2) is 0 Å². The highest BCUT2D eigenvalue weighted by Crippen LogP contribution is 2.46. The monoisotopic (exact) mass is 497 g/mol. The van der Waals surface area contributed by atoms with Crippen LogP contribution in [0, 0.1) is 0 Å². The normalized spacial score (nSPS) is 11.9. The van der Waals surface area contributed by atoms with Gasteiger partial charge in [0.1, 0.15) is 11.2 Å². The Balaban J connectivity index is 1.43. The second kappa shape index (κ2) is 8.72. The quantitative estimate of drug-likeness (QED) is 0.221. The maximum atomic E-state index is 7.80. The van der Waals surface area contributed by atoms with Crippen LogP contribution in [0.25, 0.3) is 76.9 Å². The lowest BCUT2D eigenvalue weighted by molar-refractivity contribution is 0.669. The average molecular weight is 498 g/mol. The minimum absolute atomic E-state index is 0.525. The van der Waals surface area contributed by atoms with Gasteiger partial charge in [0.2, 0.25) is 0 Å². The van der Waals surface area contributed by atoms with Crippen LogP contribution in [-0.2, 0) is 0 Å². The van der Waals surface area contributed by atoms with E-state index >= 15 is 0 Å². The molecule has 0 aliphatic heterocycles. The number of fused-ring (bicyclic) bond motifs is 5. The summed E-state index contributed by atoms with van der Waals surface area (Å²) in [4.78, 5) is 0. The summed E-state index contributed by atoms with van der Waals surface area (Å²) in [6, 6.07) is 49.3. The first-order valence-corrected chi connectivity index (χ1v) is 13.3. The molecular weight excluding hydrogens is 472 g/mol. The third-order valence-corrected chi connectivity index (χ3v) is 7.83. The van der Waals surface area contributed by atoms with Crippen LogP contribution in [0.3, 0.4) is 0 Å². The number of rotatable bonds is 3. The lowest BCUT2D eigenvalue weighted by Crippen LogP contribution is -1.91. The first-order valence-electron chi connectivity index (χ1n) is 13.8. The van der Waals surface area contributed by atoms with Crippen molar-refractivity contribution in [3.8, 4) is 33.4 Å². The second-order valence-electron chi connectivity index (χ2n) is 9.98. The largest absolute Gasteiger partial charge is 0.456 e. The summed E-state index contributed by atoms with van der Waals surface area (Å²) in [6.45, 7) is 0. The fraction of sp³-hybridized carbons (Fsp3) is 0. The molecule has 0 radical (unpaired) electrons. The molecule has 0 aliphatic carbocycles. The molecule has 0 fully saturated rings. The summed E-state index contributed by atoms with van der Waals surface area (Å²) < 4.78 is 14.1. The van der Waals surface area contributed by atoms with Crippen molar-refractivity contribution in [1.29, 1.82) is 0 Å². The van der Waals surface area contributed by atoms with Crippen LogP contribution >= 0.6 is 0 Å². The van der Waals surface area contributed by atoms with Crippen molar-refractivity contribution in [2.75, 3.05) is 0 Å². The number of hydrogen-bond donors (Lipinski definition) is 0. The topological polar surface area (TPSA) is 13.1 Å². The van der Waals surface area contributed by atoms with Crippen LogP contribution in [0.15, 0.2) is 150 Å². The molecule has 0 saturated heterocycles. The third-order valence-electron chi connectivity index (χ3n) is 7.83. The molecule has 1 heterocycles. The molecule has 1 heteroatoms. The minimum atomic E-state index is 0.525. The summed E-state index contributed by atoms with van der Waals surface area (Å²) >= 11 is 0. The highest BCUT2D eigenvalue weighted by Gasteiger charge is 2.19. The van der Waals surface area contributed by atoms with Crippen LogP contribution in [0.2, 0.25) is 0 Å². The van der Waals surface area contributed by atoms with Crippen molar-refractivity contribution in [3.05, 3.63) is 146 Å². The Morgan fingerprint density at radius 2 is 0.897 bits per heavy atom. The Bertz CT molecular complexity index is 2150. The van der Waals surface area contributed by atoms with E-state index in [-0.39, 0.29) is 0 Å². The van der Waals surface area contributed by atoms with E-state index in [4.69, 9.17) is 5.79 Å². The van der Waals surface area contributed by atoms with Crippen LogP contribution in [0.1, 0.15) is 1.37 Å². The van der Waals surface area contributed by atoms with Crippen molar-refractivity contribution in [1.82, 2.24) is 0 Å². The summed E-state index contributed by atoms with van der Waals surface area (Å²) in [5.41, 5.74) is 8.94. The molecular formula is C38H24O. The predicted octanol–water partition coefficient (Wildman–Crippen LogP) is 10.9. The van der Waals surface area contributed by atoms with E-state index in [0.29, 0.717) is 6.04 Å². The van der Waals surface area contributed by atoms with Gasteiger partial charge in [-0.15, -0.1) is 0 Å². The fourth-order valence-electron chi connectivity index (χ4n) is 6.12. The summed E-state index contributed by atoms with van der Waals surface area (Å²) in [6.07, 6.45) is 0. The molecule has 0 N–H and O–H groups in total. The van der Waals surface area contributed by atoms with E-state index < -0.39 is 0 Å². The number of para-hydroxylation sites is 1. The van der Waals surface area contributed by atoms with Crippen molar-refractivity contribution >= 4 is 43.5 Å². The third kappa shape index (κ3) is 3.41. The number of hydrogen-bond acceptors (Lipinski definition) is 1. The van der Waals surface area contributed by atoms with Gasteiger partial charge in [-0.05, 0) is 67.1 Å². The van der Waals surface area contributed by atoms with Gasteiger partial charge < -0.3 is 4.42 Å². The van der Waals surface area contributed by atoms with Gasteiger partial charge in [-0.3, -0.25) is 0 Å². The van der Waals surface area contributed by atoms with Crippen molar-refractivity contribution in [2.45, 2.75) is 0 Å². The first-order chi connectivity index (χ1) is 19.8. The molecule has 182 valence electrons. The zero-order valence-electron chi connectivity index (χ0n) is 22.2. The summed E-state index contributed by atoms with van der Waals surface area (Å²) in [5, 5.41) is 7.20. The highest BCUT2D eigenvalue weighted by atomic mass is 16.3. The second-order valence-corrected chi connectivity index (χ2v) is 9.98. The summed E-state index contributed by atoms with van der Waals surface area (Å²) in [5.74, 6) is 0. The summed E-state index contributed by atoms with van der Waals surface area (Å²) in [7, 11) is 0. The van der Waals surface area contributed by atoms with Gasteiger partial charge in [0, 0.05) is 10.8 Å². The van der Waals surface area contributed by atoms with Crippen LogP contribution in [0.4, 0.5) is 0 Å². The van der Waals surface area contributed by atoms with Gasteiger partial charge in [0.05, 0.1) is 1.37 Å². The standard InChI is InChI=1S/C38H24O/c1-2-11-25(12-3-1)26-21-23-27(24-22-26)36-28-13-4-6-15-30(28)37(31-16-7-5-14-29(31)36)33-18-10-20-35-38(33)32-17-8-9-19-34(32)39-35/h1-24H/i1D. The molecule has 0 amide bonds. The molecule has 0 spiro atoms. The van der Waals surface area contributed by atoms with Gasteiger partial charge in [0.25, 0.3) is 0 Å². The van der Waals surface area contributed by atoms with E-state index in [0.717, 1.165) is 33.1 Å². The predicted molar refractivity (Wildman–Crippen MR) is 165 cm³/mol. The lowest BCUT2D eigenvalue weighted by Gasteiger charge is -2.18. The maximum absolute atomic E-state index is 7.80. The molecule has 7 aromatic carbocycles. The maximum Gasteiger partial charge on any atom is 0.136 e. The fourth-order valence-corrected chi connectivity index (χ4v) is 6.12. The first kappa shape index (κ1) is 20.9. The Morgan fingerprint density at radius 3 is 1.56 bits per heavy atom. The zero-order valence-corrected chi connectivity index (χ0v) is 21.2. The molecule has 1 nitrogen and oxygen atoms in total. The Hall–Kier alpha value is -5.14. The molecule has 0 aliphatic rings. The smallest absolute Gasteiger partial charge is 0.136 e. The Labute approximate surface area is 228 Å². The van der Waals surface area contributed by atoms with E-state index in [1.165, 1.54) is 43.8 Å². The zero-order chi connectivity index (χ0) is 26.6. The Kier molecular flexibility index (Phi) is 4.66. The van der Waals surface area contributed by atoms with Crippen LogP contribution in [-0.4, -0.2) is 0 Å². The molecule has 0 atom stereocenters. The molecule has 8 rings (SSSR count). The van der Waals surface area contributed by atoms with E-state index in [1.807, 2.05) is 36.4 Å². The van der Waals surface area contributed by atoms with Crippen molar-refractivity contribution in [3.63, 3.8) is 0 Å². The van der Waals surface area contributed by atoms with Crippen molar-refractivity contribution in [2.24, 2.45) is 0 Å². The number of furan rings is 1. The van der Waals surface area contributed by atoms with E-state index in [1.54, 1.807) is 0 Å². The minimum Gasteiger partial charge on any atom is -0.456 e. The van der Waals surface area contributed by atoms with Gasteiger partial charge in [-0.2, -0.15) is 0 Å². The average Bonchev–Trinajstić information content (AvgIpc) is 3.40. The highest BCUT2D eigenvalue weighted by molar-refractivity contribution is 6.25. The molecule has 0 unspecified atom stereocenters. The van der Waals surface area contributed by atoms with Gasteiger partial charge >= 0.3 is 0 Å². The Morgan fingerprint density at radius 1 is 0.385 bits per heavy atom. The van der Waals surface area contributed by atoms with Crippen molar-refractivity contribution < 1.29 is 5.79 Å². The van der Waals surface area contributed by atoms with Gasteiger partial charge in [-0.1, -0.05) is 133 Å². The molecule has 8 aromatic rings. The molecule has 0 bridgehead atoms. The van der Waals surface area contributed by atoms with Crippen LogP contribution < -0.4 is 0 Å². The number of benzene rings is 7. The lowest BCUT2D eigenvalue weighted by atomic mass is 9.84. The molecule has 0 saturated carbocycles. The van der Waals surface area contributed by atoms with Gasteiger partial charge in [-0.25, -0.2) is 0 Å². The molecule has 1 aromatic heterocycles. The van der Waals surface area contributed by atoms with Crippen LogP contribution in [0.5, 0.6) is 0 Å². The molecule has 39 heavy (non-hydrogen) atoms. The van der Waals surface area contributed by atoms with E-state index in [9.17, 15) is 0 Å².